The molecule has 134 valence electrons. The van der Waals surface area contributed by atoms with Gasteiger partial charge in [-0.05, 0) is 23.7 Å². The second-order valence-electron chi connectivity index (χ2n) is 6.58. The third-order valence-corrected chi connectivity index (χ3v) is 6.01. The van der Waals surface area contributed by atoms with Gasteiger partial charge in [-0.25, -0.2) is 4.98 Å². The Bertz CT molecular complexity index is 951. The standard InChI is InChI=1S/C20H22N4OS/c1-2-24-9-8-16-14(12-24)10-15-17(21)18(26-20(15)23-16)19(25)22-11-13-6-4-3-5-7-13/h3-7,10H,2,8-9,11-12,21H2,1H3,(H,22,25). The Morgan fingerprint density at radius 1 is 1.35 bits per heavy atom. The fourth-order valence-corrected chi connectivity index (χ4v) is 4.37. The Kier molecular flexibility index (Phi) is 4.61. The maximum Gasteiger partial charge on any atom is 0.263 e. The summed E-state index contributed by atoms with van der Waals surface area (Å²) in [6.07, 6.45) is 0.951. The van der Waals surface area contributed by atoms with Crippen LogP contribution in [0.25, 0.3) is 10.2 Å². The highest BCUT2D eigenvalue weighted by atomic mass is 32.1. The Morgan fingerprint density at radius 3 is 2.92 bits per heavy atom. The molecule has 0 bridgehead atoms. The first-order chi connectivity index (χ1) is 12.7. The number of nitrogen functional groups attached to an aromatic ring is 1. The molecule has 0 radical (unpaired) electrons. The number of nitrogens with two attached hydrogens (primary N) is 1. The molecule has 3 N–H and O–H groups in total. The van der Waals surface area contributed by atoms with Crippen LogP contribution in [0.4, 0.5) is 5.69 Å². The van der Waals surface area contributed by atoms with Gasteiger partial charge in [-0.1, -0.05) is 37.3 Å². The van der Waals surface area contributed by atoms with Crippen molar-refractivity contribution in [1.29, 1.82) is 0 Å². The SMILES string of the molecule is CCN1CCc2nc3sc(C(=O)NCc4ccccc4)c(N)c3cc2C1. The van der Waals surface area contributed by atoms with Crippen LogP contribution < -0.4 is 11.1 Å². The van der Waals surface area contributed by atoms with Crippen molar-refractivity contribution < 1.29 is 4.79 Å². The number of rotatable bonds is 4. The van der Waals surface area contributed by atoms with Gasteiger partial charge < -0.3 is 11.1 Å². The minimum atomic E-state index is -0.137. The van der Waals surface area contributed by atoms with Gasteiger partial charge in [0.2, 0.25) is 0 Å². The van der Waals surface area contributed by atoms with Crippen molar-refractivity contribution in [2.45, 2.75) is 26.4 Å². The van der Waals surface area contributed by atoms with Gasteiger partial charge in [-0.15, -0.1) is 11.3 Å². The fourth-order valence-electron chi connectivity index (χ4n) is 3.35. The first-order valence-corrected chi connectivity index (χ1v) is 9.72. The molecule has 1 amide bonds. The van der Waals surface area contributed by atoms with E-state index >= 15 is 0 Å². The van der Waals surface area contributed by atoms with Crippen LogP contribution in [0, 0.1) is 0 Å². The summed E-state index contributed by atoms with van der Waals surface area (Å²) in [4.78, 5) is 21.2. The Balaban J connectivity index is 1.60. The minimum absolute atomic E-state index is 0.137. The summed E-state index contributed by atoms with van der Waals surface area (Å²) in [6.45, 7) is 5.63. The highest BCUT2D eigenvalue weighted by Crippen LogP contribution is 2.35. The molecule has 0 spiro atoms. The van der Waals surface area contributed by atoms with Gasteiger partial charge in [0.25, 0.3) is 5.91 Å². The predicted molar refractivity (Wildman–Crippen MR) is 106 cm³/mol. The fraction of sp³-hybridized carbons (Fsp3) is 0.300. The highest BCUT2D eigenvalue weighted by molar-refractivity contribution is 7.21. The molecular formula is C20H22N4OS. The third-order valence-electron chi connectivity index (χ3n) is 4.90. The van der Waals surface area contributed by atoms with E-state index in [0.717, 1.165) is 47.5 Å². The number of pyridine rings is 1. The molecule has 26 heavy (non-hydrogen) atoms. The second kappa shape index (κ2) is 7.05. The summed E-state index contributed by atoms with van der Waals surface area (Å²) >= 11 is 1.38. The van der Waals surface area contributed by atoms with E-state index in [-0.39, 0.29) is 5.91 Å². The lowest BCUT2D eigenvalue weighted by Gasteiger charge is -2.26. The van der Waals surface area contributed by atoms with Crippen molar-refractivity contribution in [1.82, 2.24) is 15.2 Å². The largest absolute Gasteiger partial charge is 0.397 e. The molecule has 3 aromatic rings. The number of carbonyl (C=O) groups is 1. The molecule has 3 heterocycles. The summed E-state index contributed by atoms with van der Waals surface area (Å²) in [6, 6.07) is 12.0. The summed E-state index contributed by atoms with van der Waals surface area (Å²) in [5.74, 6) is -0.137. The average molecular weight is 366 g/mol. The van der Waals surface area contributed by atoms with Crippen LogP contribution in [0.2, 0.25) is 0 Å². The van der Waals surface area contributed by atoms with Gasteiger partial charge in [0.15, 0.2) is 0 Å². The molecule has 0 saturated heterocycles. The topological polar surface area (TPSA) is 71.2 Å². The first-order valence-electron chi connectivity index (χ1n) is 8.91. The number of thiophene rings is 1. The number of likely N-dealkylation sites (N-methyl/N-ethyl adjacent to an activating group) is 1. The lowest BCUT2D eigenvalue weighted by molar-refractivity contribution is 0.0956. The second-order valence-corrected chi connectivity index (χ2v) is 7.58. The van der Waals surface area contributed by atoms with Gasteiger partial charge in [0.05, 0.1) is 5.69 Å². The summed E-state index contributed by atoms with van der Waals surface area (Å²) in [5.41, 5.74) is 10.3. The zero-order valence-electron chi connectivity index (χ0n) is 14.8. The normalized spacial score (nSPS) is 14.3. The molecule has 1 aromatic carbocycles. The zero-order chi connectivity index (χ0) is 18.1. The van der Waals surface area contributed by atoms with Gasteiger partial charge >= 0.3 is 0 Å². The average Bonchev–Trinajstić information content (AvgIpc) is 3.00. The van der Waals surface area contributed by atoms with E-state index in [1.165, 1.54) is 16.9 Å². The number of aromatic nitrogens is 1. The molecule has 6 heteroatoms. The Morgan fingerprint density at radius 2 is 2.15 bits per heavy atom. The van der Waals surface area contributed by atoms with Crippen molar-refractivity contribution in [3.63, 3.8) is 0 Å². The van der Waals surface area contributed by atoms with Gasteiger partial charge in [0.1, 0.15) is 9.71 Å². The molecule has 5 nitrogen and oxygen atoms in total. The van der Waals surface area contributed by atoms with Crippen LogP contribution in [-0.2, 0) is 19.5 Å². The molecule has 1 aliphatic heterocycles. The summed E-state index contributed by atoms with van der Waals surface area (Å²) < 4.78 is 0. The lowest BCUT2D eigenvalue weighted by atomic mass is 10.0. The van der Waals surface area contributed by atoms with Crippen LogP contribution in [0.3, 0.4) is 0 Å². The highest BCUT2D eigenvalue weighted by Gasteiger charge is 2.22. The maximum absolute atomic E-state index is 12.6. The minimum Gasteiger partial charge on any atom is -0.397 e. The Hall–Kier alpha value is -2.44. The molecular weight excluding hydrogens is 344 g/mol. The summed E-state index contributed by atoms with van der Waals surface area (Å²) in [5, 5.41) is 3.86. The third kappa shape index (κ3) is 3.18. The maximum atomic E-state index is 12.6. The van der Waals surface area contributed by atoms with Crippen LogP contribution in [-0.4, -0.2) is 28.9 Å². The van der Waals surface area contributed by atoms with Crippen LogP contribution in [0.15, 0.2) is 36.4 Å². The molecule has 4 rings (SSSR count). The van der Waals surface area contributed by atoms with Gasteiger partial charge in [-0.2, -0.15) is 0 Å². The van der Waals surface area contributed by atoms with Crippen molar-refractivity contribution in [3.8, 4) is 0 Å². The van der Waals surface area contributed by atoms with Crippen LogP contribution in [0.1, 0.15) is 33.4 Å². The summed E-state index contributed by atoms with van der Waals surface area (Å²) in [7, 11) is 0. The van der Waals surface area contributed by atoms with E-state index in [9.17, 15) is 4.79 Å². The van der Waals surface area contributed by atoms with E-state index in [1.54, 1.807) is 0 Å². The monoisotopic (exact) mass is 366 g/mol. The molecule has 0 aliphatic carbocycles. The van der Waals surface area contributed by atoms with Crippen molar-refractivity contribution in [3.05, 3.63) is 58.1 Å². The first kappa shape index (κ1) is 17.0. The van der Waals surface area contributed by atoms with Crippen molar-refractivity contribution in [2.75, 3.05) is 18.8 Å². The van der Waals surface area contributed by atoms with Crippen LogP contribution >= 0.6 is 11.3 Å². The van der Waals surface area contributed by atoms with Crippen molar-refractivity contribution >= 4 is 33.1 Å². The van der Waals surface area contributed by atoms with E-state index in [4.69, 9.17) is 10.7 Å². The van der Waals surface area contributed by atoms with E-state index in [2.05, 4.69) is 23.2 Å². The molecule has 2 aromatic heterocycles. The van der Waals surface area contributed by atoms with E-state index in [1.807, 2.05) is 30.3 Å². The molecule has 0 atom stereocenters. The molecule has 0 fully saturated rings. The number of hydrogen-bond acceptors (Lipinski definition) is 5. The predicted octanol–water partition coefficient (Wildman–Crippen LogP) is 3.19. The zero-order valence-corrected chi connectivity index (χ0v) is 15.6. The number of nitrogens with one attached hydrogen (secondary N) is 1. The van der Waals surface area contributed by atoms with Crippen molar-refractivity contribution in [2.24, 2.45) is 0 Å². The van der Waals surface area contributed by atoms with Gasteiger partial charge in [-0.3, -0.25) is 9.69 Å². The van der Waals surface area contributed by atoms with Crippen LogP contribution in [0.5, 0.6) is 0 Å². The van der Waals surface area contributed by atoms with E-state index in [0.29, 0.717) is 17.1 Å². The number of amides is 1. The number of carbonyl (C=O) groups excluding carboxylic acids is 1. The van der Waals surface area contributed by atoms with E-state index < -0.39 is 0 Å². The Labute approximate surface area is 156 Å². The van der Waals surface area contributed by atoms with Gasteiger partial charge in [0, 0.05) is 37.1 Å². The number of benzene rings is 1. The lowest BCUT2D eigenvalue weighted by Crippen LogP contribution is -2.30. The number of fused-ring (bicyclic) bond motifs is 2. The molecule has 0 unspecified atom stereocenters. The number of anilines is 1. The molecule has 0 saturated carbocycles. The molecule has 1 aliphatic rings. The number of nitrogens with zero attached hydrogens (tertiary/aromatic N) is 2. The smallest absolute Gasteiger partial charge is 0.263 e. The quantitative estimate of drug-likeness (QED) is 0.744. The number of hydrogen-bond donors (Lipinski definition) is 2.